The quantitative estimate of drug-likeness (QED) is 0.453. The van der Waals surface area contributed by atoms with Crippen molar-refractivity contribution < 1.29 is 4.79 Å². The van der Waals surface area contributed by atoms with Crippen molar-refractivity contribution in [1.82, 2.24) is 14.8 Å². The summed E-state index contributed by atoms with van der Waals surface area (Å²) in [4.78, 5) is 17.2. The molecule has 0 fully saturated rings. The Morgan fingerprint density at radius 1 is 1.11 bits per heavy atom. The molecule has 4 aromatic rings. The van der Waals surface area contributed by atoms with E-state index in [1.165, 1.54) is 11.3 Å². The number of anilines is 1. The number of thiazole rings is 1. The maximum atomic E-state index is 12.5. The first-order chi connectivity index (χ1) is 13.5. The van der Waals surface area contributed by atoms with Crippen LogP contribution >= 0.6 is 34.5 Å². The Labute approximate surface area is 174 Å². The minimum atomic E-state index is -0.256. The van der Waals surface area contributed by atoms with Crippen LogP contribution in [-0.2, 0) is 4.79 Å². The van der Waals surface area contributed by atoms with Crippen molar-refractivity contribution in [2.24, 2.45) is 0 Å². The van der Waals surface area contributed by atoms with Gasteiger partial charge in [0.05, 0.1) is 15.9 Å². The molecule has 0 aliphatic carbocycles. The summed E-state index contributed by atoms with van der Waals surface area (Å²) < 4.78 is 2.77. The monoisotopic (exact) mass is 428 g/mol. The number of aryl methyl sites for hydroxylation is 1. The molecule has 140 valence electrons. The van der Waals surface area contributed by atoms with Crippen molar-refractivity contribution in [2.75, 3.05) is 5.32 Å². The van der Waals surface area contributed by atoms with Gasteiger partial charge in [-0.15, -0.1) is 0 Å². The first kappa shape index (κ1) is 17.7. The Hall–Kier alpha value is -2.41. The van der Waals surface area contributed by atoms with Gasteiger partial charge in [0.2, 0.25) is 11.0 Å². The van der Waals surface area contributed by atoms with Crippen molar-refractivity contribution in [3.05, 3.63) is 69.3 Å². The zero-order valence-electron chi connectivity index (χ0n) is 14.7. The highest BCUT2D eigenvalue weighted by Crippen LogP contribution is 2.45. The summed E-state index contributed by atoms with van der Waals surface area (Å²) in [5.41, 5.74) is 3.40. The molecule has 8 heteroatoms. The predicted octanol–water partition coefficient (Wildman–Crippen LogP) is 5.57. The van der Waals surface area contributed by atoms with Crippen LogP contribution in [0.4, 0.5) is 5.82 Å². The van der Waals surface area contributed by atoms with Gasteiger partial charge in [-0.1, -0.05) is 52.7 Å². The van der Waals surface area contributed by atoms with Gasteiger partial charge < -0.3 is 5.32 Å². The van der Waals surface area contributed by atoms with Crippen LogP contribution in [0.2, 0.25) is 10.0 Å². The van der Waals surface area contributed by atoms with Crippen molar-refractivity contribution in [2.45, 2.75) is 19.3 Å². The maximum absolute atomic E-state index is 12.5. The molecule has 0 unspecified atom stereocenters. The molecule has 0 spiro atoms. The van der Waals surface area contributed by atoms with Crippen LogP contribution in [0.15, 0.2) is 42.5 Å². The molecule has 5 rings (SSSR count). The minimum Gasteiger partial charge on any atom is -0.310 e. The van der Waals surface area contributed by atoms with Crippen molar-refractivity contribution >= 4 is 56.5 Å². The van der Waals surface area contributed by atoms with E-state index in [2.05, 4.69) is 10.3 Å². The first-order valence-electron chi connectivity index (χ1n) is 8.72. The van der Waals surface area contributed by atoms with Crippen LogP contribution in [-0.4, -0.2) is 20.7 Å². The molecule has 3 heterocycles. The fourth-order valence-electron chi connectivity index (χ4n) is 3.73. The van der Waals surface area contributed by atoms with E-state index in [0.717, 1.165) is 27.0 Å². The van der Waals surface area contributed by atoms with Crippen molar-refractivity contribution in [3.63, 3.8) is 0 Å². The molecule has 1 atom stereocenters. The molecule has 1 amide bonds. The van der Waals surface area contributed by atoms with Gasteiger partial charge in [-0.3, -0.25) is 4.79 Å². The molecule has 0 saturated carbocycles. The molecule has 2 aromatic heterocycles. The van der Waals surface area contributed by atoms with E-state index in [1.54, 1.807) is 22.9 Å². The summed E-state index contributed by atoms with van der Waals surface area (Å²) in [6.45, 7) is 1.93. The van der Waals surface area contributed by atoms with Gasteiger partial charge in [-0.25, -0.2) is 4.98 Å². The smallest absolute Gasteiger partial charge is 0.226 e. The molecule has 1 aliphatic rings. The predicted molar refractivity (Wildman–Crippen MR) is 113 cm³/mol. The number of hydrogen-bond acceptors (Lipinski definition) is 4. The molecule has 28 heavy (non-hydrogen) atoms. The van der Waals surface area contributed by atoms with Crippen LogP contribution in [0.25, 0.3) is 15.3 Å². The van der Waals surface area contributed by atoms with Crippen molar-refractivity contribution in [3.8, 4) is 5.13 Å². The SMILES string of the molecule is Cc1nn(-c2nc3ccccc3s2)c2c1[C@H](c1c(Cl)cccc1Cl)CC(=O)N2. The van der Waals surface area contributed by atoms with Crippen LogP contribution in [0, 0.1) is 6.92 Å². The third kappa shape index (κ3) is 2.71. The van der Waals surface area contributed by atoms with Gasteiger partial charge >= 0.3 is 0 Å². The lowest BCUT2D eigenvalue weighted by Gasteiger charge is -2.25. The summed E-state index contributed by atoms with van der Waals surface area (Å²) in [7, 11) is 0. The second-order valence-electron chi connectivity index (χ2n) is 6.66. The van der Waals surface area contributed by atoms with Gasteiger partial charge in [-0.05, 0) is 36.8 Å². The summed E-state index contributed by atoms with van der Waals surface area (Å²) in [5, 5.41) is 9.46. The molecule has 0 saturated heterocycles. The van der Waals surface area contributed by atoms with Gasteiger partial charge in [-0.2, -0.15) is 9.78 Å². The van der Waals surface area contributed by atoms with E-state index >= 15 is 0 Å². The lowest BCUT2D eigenvalue weighted by Crippen LogP contribution is -2.25. The Balaban J connectivity index is 1.72. The summed E-state index contributed by atoms with van der Waals surface area (Å²) in [6, 6.07) is 13.3. The zero-order chi connectivity index (χ0) is 19.4. The average Bonchev–Trinajstić information content (AvgIpc) is 3.22. The lowest BCUT2D eigenvalue weighted by molar-refractivity contribution is -0.116. The molecule has 2 aromatic carbocycles. The standard InChI is InChI=1S/C20H14Cl2N4OS/c1-10-17-11(18-12(21)5-4-6-13(18)22)9-16(27)24-19(17)26(25-10)20-23-14-7-2-3-8-15(14)28-20/h2-8,11H,9H2,1H3,(H,24,27)/t11-/m1/s1. The van der Waals surface area contributed by atoms with E-state index in [1.807, 2.05) is 31.2 Å². The highest BCUT2D eigenvalue weighted by molar-refractivity contribution is 7.20. The second kappa shape index (κ2) is 6.58. The zero-order valence-corrected chi connectivity index (χ0v) is 17.1. The van der Waals surface area contributed by atoms with Gasteiger partial charge in [0.1, 0.15) is 5.82 Å². The molecule has 0 bridgehead atoms. The molecular weight excluding hydrogens is 415 g/mol. The largest absolute Gasteiger partial charge is 0.310 e. The Morgan fingerprint density at radius 2 is 1.86 bits per heavy atom. The number of para-hydroxylation sites is 1. The number of carbonyl (C=O) groups is 1. The van der Waals surface area contributed by atoms with Gasteiger partial charge in [0.15, 0.2) is 0 Å². The Bertz CT molecular complexity index is 1190. The van der Waals surface area contributed by atoms with E-state index in [9.17, 15) is 4.79 Å². The van der Waals surface area contributed by atoms with Crippen molar-refractivity contribution in [1.29, 1.82) is 0 Å². The number of nitrogens with zero attached hydrogens (tertiary/aromatic N) is 3. The number of fused-ring (bicyclic) bond motifs is 2. The lowest BCUT2D eigenvalue weighted by atomic mass is 9.85. The van der Waals surface area contributed by atoms with E-state index in [4.69, 9.17) is 28.3 Å². The molecule has 1 aliphatic heterocycles. The number of aromatic nitrogens is 3. The molecule has 1 N–H and O–H groups in total. The van der Waals surface area contributed by atoms with Gasteiger partial charge in [0, 0.05) is 27.9 Å². The summed E-state index contributed by atoms with van der Waals surface area (Å²) in [6.07, 6.45) is 0.267. The number of nitrogens with one attached hydrogen (secondary N) is 1. The number of amides is 1. The number of halogens is 2. The summed E-state index contributed by atoms with van der Waals surface area (Å²) >= 11 is 14.4. The average molecular weight is 429 g/mol. The molecular formula is C20H14Cl2N4OS. The number of benzene rings is 2. The Morgan fingerprint density at radius 3 is 2.61 bits per heavy atom. The minimum absolute atomic E-state index is 0.101. The highest BCUT2D eigenvalue weighted by Gasteiger charge is 2.35. The van der Waals surface area contributed by atoms with Gasteiger partial charge in [0.25, 0.3) is 0 Å². The maximum Gasteiger partial charge on any atom is 0.226 e. The first-order valence-corrected chi connectivity index (χ1v) is 10.3. The number of hydrogen-bond donors (Lipinski definition) is 1. The fraction of sp³-hybridized carbons (Fsp3) is 0.150. The van der Waals surface area contributed by atoms with Crippen LogP contribution in [0.1, 0.15) is 29.2 Å². The normalized spacial score (nSPS) is 16.2. The van der Waals surface area contributed by atoms with Crippen LogP contribution < -0.4 is 5.32 Å². The van der Waals surface area contributed by atoms with E-state index in [0.29, 0.717) is 21.0 Å². The highest BCUT2D eigenvalue weighted by atomic mass is 35.5. The van der Waals surface area contributed by atoms with Crippen LogP contribution in [0.3, 0.4) is 0 Å². The summed E-state index contributed by atoms with van der Waals surface area (Å²) in [5.74, 6) is 0.276. The number of rotatable bonds is 2. The molecule has 0 radical (unpaired) electrons. The molecule has 5 nitrogen and oxygen atoms in total. The van der Waals surface area contributed by atoms with E-state index in [-0.39, 0.29) is 18.2 Å². The fourth-order valence-corrected chi connectivity index (χ4v) is 5.31. The van der Waals surface area contributed by atoms with Crippen LogP contribution in [0.5, 0.6) is 0 Å². The third-order valence-electron chi connectivity index (χ3n) is 4.91. The topological polar surface area (TPSA) is 59.8 Å². The third-order valence-corrected chi connectivity index (χ3v) is 6.59. The number of carbonyl (C=O) groups excluding carboxylic acids is 1. The van der Waals surface area contributed by atoms with E-state index < -0.39 is 0 Å². The second-order valence-corrected chi connectivity index (χ2v) is 8.49. The Kier molecular flexibility index (Phi) is 4.16.